The summed E-state index contributed by atoms with van der Waals surface area (Å²) in [5, 5.41) is 21.4. The number of hydrogen-bond donors (Lipinski definition) is 0. The third kappa shape index (κ3) is 11.6. The highest BCUT2D eigenvalue weighted by molar-refractivity contribution is 7.27. The van der Waals surface area contributed by atoms with Crippen LogP contribution in [-0.2, 0) is 21.7 Å². The molecule has 4 aliphatic carbocycles. The fourth-order valence-electron chi connectivity index (χ4n) is 25.5. The average molecular weight is 1860 g/mol. The smallest absolute Gasteiger partial charge is 0.0622 e. The molecule has 0 N–H and O–H groups in total. The Morgan fingerprint density at radius 3 is 0.957 bits per heavy atom. The van der Waals surface area contributed by atoms with Crippen molar-refractivity contribution in [3.8, 4) is 67.3 Å². The minimum Gasteiger partial charge on any atom is -0.309 e. The highest BCUT2D eigenvalue weighted by Gasteiger charge is 2.43. The number of fused-ring (bicyclic) bond motifs is 39. The van der Waals surface area contributed by atoms with Gasteiger partial charge in [-0.3, -0.25) is 0 Å². The van der Waals surface area contributed by atoms with Gasteiger partial charge in [0, 0.05) is 174 Å². The molecule has 0 amide bonds. The third-order valence-electron chi connectivity index (χ3n) is 32.0. The molecular formula is C132H92N4S4. The Bertz CT molecular complexity index is 10100. The lowest BCUT2D eigenvalue weighted by molar-refractivity contribution is 0.660. The van der Waals surface area contributed by atoms with E-state index in [1.54, 1.807) is 0 Å². The Kier molecular flexibility index (Phi) is 17.5. The van der Waals surface area contributed by atoms with Crippen LogP contribution in [0, 0.1) is 0 Å². The quantitative estimate of drug-likeness (QED) is 0.167. The van der Waals surface area contributed by atoms with E-state index in [1.165, 1.54) is 280 Å². The van der Waals surface area contributed by atoms with Gasteiger partial charge in [-0.2, -0.15) is 0 Å². The summed E-state index contributed by atoms with van der Waals surface area (Å²) in [7, 11) is 0. The second-order valence-electron chi connectivity index (χ2n) is 40.8. The second-order valence-corrected chi connectivity index (χ2v) is 45.1. The van der Waals surface area contributed by atoms with Gasteiger partial charge in [0.1, 0.15) is 0 Å². The first-order chi connectivity index (χ1) is 68.5. The Labute approximate surface area is 826 Å². The van der Waals surface area contributed by atoms with E-state index >= 15 is 0 Å². The minimum absolute atomic E-state index is 0.00216. The van der Waals surface area contributed by atoms with Gasteiger partial charge in [-0.05, 0) is 229 Å². The Balaban J connectivity index is 0.0000000896. The molecule has 0 spiro atoms. The molecule has 32 rings (SSSR count). The fourth-order valence-corrected chi connectivity index (χ4v) is 29.9. The van der Waals surface area contributed by atoms with Crippen LogP contribution >= 0.6 is 45.3 Å². The van der Waals surface area contributed by atoms with Crippen LogP contribution in [0.15, 0.2) is 413 Å². The van der Waals surface area contributed by atoms with Crippen molar-refractivity contribution in [1.29, 1.82) is 0 Å². The molecular weight excluding hydrogens is 1770 g/mol. The van der Waals surface area contributed by atoms with Crippen molar-refractivity contribution >= 4 is 213 Å². The maximum absolute atomic E-state index is 2.51. The van der Waals surface area contributed by atoms with E-state index in [1.807, 2.05) is 45.3 Å². The number of thiophene rings is 4. The lowest BCUT2D eigenvalue weighted by Crippen LogP contribution is -2.15. The van der Waals surface area contributed by atoms with Crippen LogP contribution in [0.3, 0.4) is 0 Å². The summed E-state index contributed by atoms with van der Waals surface area (Å²) < 4.78 is 20.7. The standard InChI is InChI=1S/4C33H23NS/c1-33(2)25-12-6-3-10-22(25)31-26(33)16-17-28-32(31)23-11-4-7-13-27(23)34(28)20-15-18-30-24(19-20)21-9-5-8-14-29(21)35-30;1-33(2)26-12-6-3-11-24(26)31-27(33)17-16-23-21-9-4-7-13-28(21)34(32(23)31)20-15-18-30-25(19-20)22-10-5-8-14-29(22)35-30;1-33(2)26-12-6-3-9-21(26)23-16-17-28-31(32(23)33)24-11-4-7-13-27(24)34(28)20-15-18-30-25(19-20)22-10-5-8-14-29(22)35-30;1-33(2)27-12-6-3-9-21(27)24-18-25-22-10-4-7-13-29(22)34(30(25)19-28(24)33)20-15-16-32-26(17-20)23-11-5-8-14-31(23)35-32/h4*3-19H,1-2H3. The van der Waals surface area contributed by atoms with E-state index < -0.39 is 0 Å². The Morgan fingerprint density at radius 1 is 0.164 bits per heavy atom. The van der Waals surface area contributed by atoms with Gasteiger partial charge in [0.15, 0.2) is 0 Å². The molecule has 8 heterocycles. The molecule has 8 aromatic heterocycles. The van der Waals surface area contributed by atoms with E-state index in [2.05, 4.69) is 486 Å². The van der Waals surface area contributed by atoms with Crippen LogP contribution in [0.2, 0.25) is 0 Å². The van der Waals surface area contributed by atoms with Crippen molar-refractivity contribution < 1.29 is 0 Å². The molecule has 4 aliphatic rings. The van der Waals surface area contributed by atoms with Crippen molar-refractivity contribution in [1.82, 2.24) is 18.3 Å². The summed E-state index contributed by atoms with van der Waals surface area (Å²) in [5.74, 6) is 0. The molecule has 4 nitrogen and oxygen atoms in total. The predicted molar refractivity (Wildman–Crippen MR) is 605 cm³/mol. The number of hydrogen-bond acceptors (Lipinski definition) is 4. The number of aromatic nitrogens is 4. The van der Waals surface area contributed by atoms with Crippen molar-refractivity contribution in [3.05, 3.63) is 457 Å². The van der Waals surface area contributed by atoms with Crippen LogP contribution in [0.5, 0.6) is 0 Å². The van der Waals surface area contributed by atoms with E-state index in [4.69, 9.17) is 0 Å². The van der Waals surface area contributed by atoms with Crippen molar-refractivity contribution in [2.45, 2.75) is 77.0 Å². The van der Waals surface area contributed by atoms with E-state index in [0.717, 1.165) is 0 Å². The van der Waals surface area contributed by atoms with Crippen molar-refractivity contribution in [2.75, 3.05) is 0 Å². The normalized spacial score (nSPS) is 14.2. The van der Waals surface area contributed by atoms with E-state index in [-0.39, 0.29) is 21.7 Å². The SMILES string of the molecule is CC1(C)c2ccccc2-c2c1ccc1c2c2ccccc2n1-c1ccc2sc3ccccc3c2c1.CC1(C)c2ccccc2-c2c1ccc1c3ccccc3n(-c3ccc4sc5ccccc5c4c3)c21.CC1(C)c2ccccc2-c2cc3c4ccccc4n(-c4ccc5sc6ccccc6c5c4)c3cc21.CC1(C)c2ccccc2-c2ccc3c(c21)c1ccccc1n3-c1ccc2sc3ccccc3c2c1. The van der Waals surface area contributed by atoms with Gasteiger partial charge >= 0.3 is 0 Å². The van der Waals surface area contributed by atoms with Gasteiger partial charge in [-0.1, -0.05) is 322 Å². The highest BCUT2D eigenvalue weighted by atomic mass is 32.1. The molecule has 0 bridgehead atoms. The average Bonchev–Trinajstić information content (AvgIpc) is 1.53. The Morgan fingerprint density at radius 2 is 0.479 bits per heavy atom. The molecule has 0 saturated carbocycles. The Hall–Kier alpha value is -15.5. The number of rotatable bonds is 4. The lowest BCUT2D eigenvalue weighted by Gasteiger charge is -2.22. The zero-order chi connectivity index (χ0) is 93.2. The summed E-state index contributed by atoms with van der Waals surface area (Å²) in [6.07, 6.45) is 0. The fraction of sp³-hybridized carbons (Fsp3) is 0.0909. The maximum atomic E-state index is 2.51. The molecule has 140 heavy (non-hydrogen) atoms. The summed E-state index contributed by atoms with van der Waals surface area (Å²) >= 11 is 7.50. The van der Waals surface area contributed by atoms with Gasteiger partial charge in [-0.25, -0.2) is 0 Å². The summed E-state index contributed by atoms with van der Waals surface area (Å²) in [4.78, 5) is 0. The first-order valence-electron chi connectivity index (χ1n) is 48.8. The molecule has 0 aliphatic heterocycles. The number of benzene rings is 20. The molecule has 0 saturated heterocycles. The molecule has 0 unspecified atom stereocenters. The summed E-state index contributed by atoms with van der Waals surface area (Å²) in [5.41, 5.74) is 37.4. The second kappa shape index (κ2) is 30.0. The predicted octanol–water partition coefficient (Wildman–Crippen LogP) is 37.8. The van der Waals surface area contributed by atoms with Crippen molar-refractivity contribution in [2.24, 2.45) is 0 Å². The van der Waals surface area contributed by atoms with Gasteiger partial charge in [0.2, 0.25) is 0 Å². The summed E-state index contributed by atoms with van der Waals surface area (Å²) in [6.45, 7) is 18.9. The van der Waals surface area contributed by atoms with Gasteiger partial charge in [0.05, 0.1) is 44.1 Å². The maximum Gasteiger partial charge on any atom is 0.0622 e. The molecule has 0 radical (unpaired) electrons. The largest absolute Gasteiger partial charge is 0.309 e. The molecule has 28 aromatic rings. The highest BCUT2D eigenvalue weighted by Crippen LogP contribution is 2.59. The third-order valence-corrected chi connectivity index (χ3v) is 36.6. The zero-order valence-corrected chi connectivity index (χ0v) is 81.9. The molecule has 664 valence electrons. The first kappa shape index (κ1) is 81.6. The van der Waals surface area contributed by atoms with Crippen LogP contribution in [0.1, 0.15) is 99.9 Å². The zero-order valence-electron chi connectivity index (χ0n) is 78.7. The van der Waals surface area contributed by atoms with Crippen molar-refractivity contribution in [3.63, 3.8) is 0 Å². The first-order valence-corrected chi connectivity index (χ1v) is 52.1. The number of nitrogens with zero attached hydrogens (tertiary/aromatic N) is 4. The van der Waals surface area contributed by atoms with Crippen LogP contribution in [0.25, 0.3) is 235 Å². The van der Waals surface area contributed by atoms with Crippen LogP contribution in [-0.4, -0.2) is 18.3 Å². The van der Waals surface area contributed by atoms with E-state index in [0.29, 0.717) is 0 Å². The minimum atomic E-state index is -0.0477. The topological polar surface area (TPSA) is 19.7 Å². The summed E-state index contributed by atoms with van der Waals surface area (Å²) in [6, 6.07) is 153. The molecule has 20 aromatic carbocycles. The van der Waals surface area contributed by atoms with Gasteiger partial charge < -0.3 is 18.3 Å². The molecule has 8 heteroatoms. The number of para-hydroxylation sites is 4. The van der Waals surface area contributed by atoms with Gasteiger partial charge in [-0.15, -0.1) is 45.3 Å². The molecule has 0 atom stereocenters. The van der Waals surface area contributed by atoms with Crippen LogP contribution < -0.4 is 0 Å². The van der Waals surface area contributed by atoms with Gasteiger partial charge in [0.25, 0.3) is 0 Å². The van der Waals surface area contributed by atoms with Crippen LogP contribution in [0.4, 0.5) is 0 Å². The van der Waals surface area contributed by atoms with E-state index in [9.17, 15) is 0 Å². The molecule has 0 fully saturated rings. The monoisotopic (exact) mass is 1860 g/mol. The lowest BCUT2D eigenvalue weighted by atomic mass is 9.80.